The van der Waals surface area contributed by atoms with Crippen molar-refractivity contribution in [2.75, 3.05) is 19.6 Å². The molecule has 2 N–H and O–H groups in total. The zero-order valence-corrected chi connectivity index (χ0v) is 12.6. The quantitative estimate of drug-likeness (QED) is 0.872. The molecule has 1 amide bonds. The summed E-state index contributed by atoms with van der Waals surface area (Å²) in [5, 5.41) is 12.5. The Labute approximate surface area is 128 Å². The first-order chi connectivity index (χ1) is 9.97. The second-order valence-electron chi connectivity index (χ2n) is 5.37. The molecule has 1 saturated heterocycles. The smallest absolute Gasteiger partial charge is 0.307 e. The number of benzene rings is 1. The van der Waals surface area contributed by atoms with Gasteiger partial charge in [-0.2, -0.15) is 0 Å². The highest BCUT2D eigenvalue weighted by atomic mass is 35.5. The third-order valence-corrected chi connectivity index (χ3v) is 4.08. The van der Waals surface area contributed by atoms with Crippen molar-refractivity contribution >= 4 is 23.5 Å². The maximum atomic E-state index is 12.0. The van der Waals surface area contributed by atoms with Crippen LogP contribution in [-0.2, 0) is 9.59 Å². The number of hydrogen-bond donors (Lipinski definition) is 2. The van der Waals surface area contributed by atoms with Gasteiger partial charge >= 0.3 is 5.97 Å². The number of rotatable bonds is 5. The highest BCUT2D eigenvalue weighted by Crippen LogP contribution is 2.22. The molecule has 0 aromatic heterocycles. The SMILES string of the molecule is C[C@@H](NC(=O)CN1CC[C@@H](C(=O)O)C1)c1ccccc1Cl. The van der Waals surface area contributed by atoms with Crippen LogP contribution in [0.3, 0.4) is 0 Å². The van der Waals surface area contributed by atoms with Crippen molar-refractivity contribution in [3.8, 4) is 0 Å². The molecular formula is C15H19ClN2O3. The van der Waals surface area contributed by atoms with Crippen LogP contribution < -0.4 is 5.32 Å². The van der Waals surface area contributed by atoms with E-state index >= 15 is 0 Å². The molecule has 1 aliphatic heterocycles. The first-order valence-electron chi connectivity index (χ1n) is 6.96. The maximum Gasteiger partial charge on any atom is 0.307 e. The number of amides is 1. The number of nitrogens with one attached hydrogen (secondary N) is 1. The molecule has 0 bridgehead atoms. The van der Waals surface area contributed by atoms with Crippen LogP contribution in [0.4, 0.5) is 0 Å². The Morgan fingerprint density at radius 3 is 2.81 bits per heavy atom. The van der Waals surface area contributed by atoms with Crippen LogP contribution in [0.5, 0.6) is 0 Å². The molecule has 0 unspecified atom stereocenters. The molecule has 1 fully saturated rings. The number of carboxylic acids is 1. The summed E-state index contributed by atoms with van der Waals surface area (Å²) in [4.78, 5) is 24.8. The van der Waals surface area contributed by atoms with Gasteiger partial charge in [-0.05, 0) is 31.5 Å². The molecule has 0 spiro atoms. The molecule has 0 radical (unpaired) electrons. The topological polar surface area (TPSA) is 69.6 Å². The molecular weight excluding hydrogens is 292 g/mol. The molecule has 6 heteroatoms. The minimum absolute atomic E-state index is 0.117. The fraction of sp³-hybridized carbons (Fsp3) is 0.467. The summed E-state index contributed by atoms with van der Waals surface area (Å²) in [6, 6.07) is 7.21. The van der Waals surface area contributed by atoms with Gasteiger partial charge in [-0.3, -0.25) is 14.5 Å². The van der Waals surface area contributed by atoms with Gasteiger partial charge in [0.1, 0.15) is 0 Å². The van der Waals surface area contributed by atoms with Crippen molar-refractivity contribution < 1.29 is 14.7 Å². The van der Waals surface area contributed by atoms with Crippen molar-refractivity contribution in [2.45, 2.75) is 19.4 Å². The maximum absolute atomic E-state index is 12.0. The Kier molecular flexibility index (Phi) is 5.20. The van der Waals surface area contributed by atoms with Crippen molar-refractivity contribution in [1.29, 1.82) is 0 Å². The Bertz CT molecular complexity index is 535. The minimum atomic E-state index is -0.789. The van der Waals surface area contributed by atoms with E-state index in [4.69, 9.17) is 16.7 Å². The summed E-state index contributed by atoms with van der Waals surface area (Å²) in [6.45, 7) is 3.18. The monoisotopic (exact) mass is 310 g/mol. The summed E-state index contributed by atoms with van der Waals surface area (Å²) >= 11 is 6.10. The lowest BCUT2D eigenvalue weighted by Crippen LogP contribution is -2.37. The van der Waals surface area contributed by atoms with Crippen molar-refractivity contribution in [1.82, 2.24) is 10.2 Å². The zero-order chi connectivity index (χ0) is 15.4. The van der Waals surface area contributed by atoms with Crippen LogP contribution in [0, 0.1) is 5.92 Å². The summed E-state index contributed by atoms with van der Waals surface area (Å²) in [7, 11) is 0. The molecule has 1 aliphatic rings. The predicted octanol–water partition coefficient (Wildman–Crippen LogP) is 1.92. The summed E-state index contributed by atoms with van der Waals surface area (Å²) < 4.78 is 0. The third-order valence-electron chi connectivity index (χ3n) is 3.74. The number of likely N-dealkylation sites (tertiary alicyclic amines) is 1. The summed E-state index contributed by atoms with van der Waals surface area (Å²) in [5.74, 6) is -1.27. The van der Waals surface area contributed by atoms with Gasteiger partial charge in [0.05, 0.1) is 18.5 Å². The lowest BCUT2D eigenvalue weighted by atomic mass is 10.1. The van der Waals surface area contributed by atoms with Gasteiger partial charge in [-0.25, -0.2) is 0 Å². The largest absolute Gasteiger partial charge is 0.481 e. The van der Waals surface area contributed by atoms with E-state index in [1.807, 2.05) is 30.0 Å². The average molecular weight is 311 g/mol. The first-order valence-corrected chi connectivity index (χ1v) is 7.34. The highest BCUT2D eigenvalue weighted by molar-refractivity contribution is 6.31. The lowest BCUT2D eigenvalue weighted by molar-refractivity contribution is -0.141. The number of aliphatic carboxylic acids is 1. The van der Waals surface area contributed by atoms with E-state index in [2.05, 4.69) is 5.32 Å². The molecule has 1 aromatic rings. The fourth-order valence-corrected chi connectivity index (χ4v) is 2.87. The molecule has 0 saturated carbocycles. The number of carboxylic acid groups (broad SMARTS) is 1. The summed E-state index contributed by atoms with van der Waals surface area (Å²) in [6.07, 6.45) is 0.600. The second kappa shape index (κ2) is 6.91. The third kappa shape index (κ3) is 4.19. The normalized spacial score (nSPS) is 20.2. The Morgan fingerprint density at radius 2 is 2.19 bits per heavy atom. The lowest BCUT2D eigenvalue weighted by Gasteiger charge is -2.19. The first kappa shape index (κ1) is 15.8. The number of carbonyl (C=O) groups is 2. The van der Waals surface area contributed by atoms with Crippen LogP contribution in [0.2, 0.25) is 5.02 Å². The number of halogens is 1. The molecule has 21 heavy (non-hydrogen) atoms. The van der Waals surface area contributed by atoms with Crippen molar-refractivity contribution in [2.24, 2.45) is 5.92 Å². The summed E-state index contributed by atoms with van der Waals surface area (Å²) in [5.41, 5.74) is 0.873. The van der Waals surface area contributed by atoms with Crippen LogP contribution in [-0.4, -0.2) is 41.5 Å². The molecule has 0 aliphatic carbocycles. The predicted molar refractivity (Wildman–Crippen MR) is 80.2 cm³/mol. The van der Waals surface area contributed by atoms with E-state index in [9.17, 15) is 9.59 Å². The van der Waals surface area contributed by atoms with Gasteiger partial charge in [-0.1, -0.05) is 29.8 Å². The molecule has 1 heterocycles. The Hall–Kier alpha value is -1.59. The second-order valence-corrected chi connectivity index (χ2v) is 5.78. The Morgan fingerprint density at radius 1 is 1.48 bits per heavy atom. The van der Waals surface area contributed by atoms with Crippen molar-refractivity contribution in [3.05, 3.63) is 34.9 Å². The minimum Gasteiger partial charge on any atom is -0.481 e. The van der Waals surface area contributed by atoms with Crippen LogP contribution in [0.15, 0.2) is 24.3 Å². The van der Waals surface area contributed by atoms with Crippen LogP contribution >= 0.6 is 11.6 Å². The van der Waals surface area contributed by atoms with Gasteiger partial charge in [-0.15, -0.1) is 0 Å². The van der Waals surface area contributed by atoms with E-state index in [1.54, 1.807) is 6.07 Å². The zero-order valence-electron chi connectivity index (χ0n) is 11.9. The van der Waals surface area contributed by atoms with E-state index in [0.717, 1.165) is 5.56 Å². The van der Waals surface area contributed by atoms with Crippen LogP contribution in [0.25, 0.3) is 0 Å². The number of hydrogen-bond acceptors (Lipinski definition) is 3. The average Bonchev–Trinajstić information content (AvgIpc) is 2.87. The molecule has 5 nitrogen and oxygen atoms in total. The number of carbonyl (C=O) groups excluding carboxylic acids is 1. The molecule has 2 rings (SSSR count). The van der Waals surface area contributed by atoms with Crippen molar-refractivity contribution in [3.63, 3.8) is 0 Å². The standard InChI is InChI=1S/C15H19ClN2O3/c1-10(12-4-2-3-5-13(12)16)17-14(19)9-18-7-6-11(8-18)15(20)21/h2-5,10-11H,6-9H2,1H3,(H,17,19)(H,20,21)/t10-,11-/m1/s1. The molecule has 1 aromatic carbocycles. The van der Waals surface area contributed by atoms with E-state index in [-0.39, 0.29) is 24.4 Å². The van der Waals surface area contributed by atoms with Gasteiger partial charge < -0.3 is 10.4 Å². The fourth-order valence-electron chi connectivity index (χ4n) is 2.57. The van der Waals surface area contributed by atoms with Gasteiger partial charge in [0.2, 0.25) is 5.91 Å². The van der Waals surface area contributed by atoms with Gasteiger partial charge in [0, 0.05) is 11.6 Å². The van der Waals surface area contributed by atoms with Gasteiger partial charge in [0.25, 0.3) is 0 Å². The van der Waals surface area contributed by atoms with Gasteiger partial charge in [0.15, 0.2) is 0 Å². The van der Waals surface area contributed by atoms with E-state index < -0.39 is 5.97 Å². The van der Waals surface area contributed by atoms with E-state index in [0.29, 0.717) is 24.5 Å². The molecule has 114 valence electrons. The van der Waals surface area contributed by atoms with E-state index in [1.165, 1.54) is 0 Å². The number of nitrogens with zero attached hydrogens (tertiary/aromatic N) is 1. The highest BCUT2D eigenvalue weighted by Gasteiger charge is 2.29. The van der Waals surface area contributed by atoms with Crippen LogP contribution in [0.1, 0.15) is 24.9 Å². The molecule has 2 atom stereocenters. The Balaban J connectivity index is 1.85.